The molecule has 0 rings (SSSR count). The van der Waals surface area contributed by atoms with E-state index in [1.165, 1.54) is 12.2 Å². The summed E-state index contributed by atoms with van der Waals surface area (Å²) in [6, 6.07) is 0. The van der Waals surface area contributed by atoms with Crippen LogP contribution in [0.1, 0.15) is 0 Å². The summed E-state index contributed by atoms with van der Waals surface area (Å²) in [6.45, 7) is 6.38. The van der Waals surface area contributed by atoms with E-state index in [1.54, 1.807) is 0 Å². The van der Waals surface area contributed by atoms with Crippen molar-refractivity contribution in [2.24, 2.45) is 5.73 Å². The topological polar surface area (TPSA) is 26.0 Å². The van der Waals surface area contributed by atoms with Crippen LogP contribution in [0.15, 0.2) is 36.8 Å². The van der Waals surface area contributed by atoms with E-state index in [0.717, 1.165) is 0 Å². The average Bonchev–Trinajstić information content (AvgIpc) is 1.87. The molecule has 3 heteroatoms. The third-order valence-electron chi connectivity index (χ3n) is 0.874. The van der Waals surface area contributed by atoms with Crippen LogP contribution in [-0.4, -0.2) is 5.38 Å². The van der Waals surface area contributed by atoms with Gasteiger partial charge in [0.15, 0.2) is 0 Å². The molecule has 1 nitrogen and oxygen atoms in total. The van der Waals surface area contributed by atoms with Crippen LogP contribution in [0.5, 0.6) is 0 Å². The van der Waals surface area contributed by atoms with Gasteiger partial charge in [-0.3, -0.25) is 0 Å². The lowest BCUT2D eigenvalue weighted by Gasteiger charge is -1.98. The van der Waals surface area contributed by atoms with E-state index in [2.05, 4.69) is 13.2 Å². The van der Waals surface area contributed by atoms with Gasteiger partial charge in [0, 0.05) is 5.70 Å². The number of halogens is 2. The molecule has 0 aromatic rings. The van der Waals surface area contributed by atoms with Gasteiger partial charge in [0.25, 0.3) is 0 Å². The highest BCUT2D eigenvalue weighted by Gasteiger charge is 2.03. The monoisotopic (exact) mass is 161 g/mol. The highest BCUT2D eigenvalue weighted by Crippen LogP contribution is 2.11. The maximum Gasteiger partial charge on any atom is 0.115 e. The Bertz CT molecular complexity index is 174. The van der Waals surface area contributed by atoms with Gasteiger partial charge in [0.05, 0.1) is 0 Å². The molecule has 1 unspecified atom stereocenters. The Kier molecular flexibility index (Phi) is 3.81. The molecular formula is C7H9ClFN. The molecule has 0 aliphatic heterocycles. The van der Waals surface area contributed by atoms with Crippen LogP contribution in [0, 0.1) is 0 Å². The van der Waals surface area contributed by atoms with Crippen LogP contribution in [0.4, 0.5) is 4.39 Å². The van der Waals surface area contributed by atoms with Gasteiger partial charge in [-0.25, -0.2) is 4.39 Å². The zero-order valence-electron chi connectivity index (χ0n) is 5.48. The Labute approximate surface area is 64.7 Å². The first-order valence-corrected chi connectivity index (χ1v) is 3.09. The molecule has 56 valence electrons. The number of allylic oxidation sites excluding steroid dienone is 3. The molecule has 0 bridgehead atoms. The number of hydrogen-bond acceptors (Lipinski definition) is 1. The van der Waals surface area contributed by atoms with Gasteiger partial charge in [0.2, 0.25) is 0 Å². The zero-order valence-corrected chi connectivity index (χ0v) is 6.24. The standard InChI is InChI=1S/C7H9ClFN/c1-3-6(10)4-7(8)5(2)9/h3-4,7H,1-2,10H2/b6-4+. The summed E-state index contributed by atoms with van der Waals surface area (Å²) >= 11 is 5.41. The molecule has 1 atom stereocenters. The van der Waals surface area contributed by atoms with E-state index in [9.17, 15) is 4.39 Å². The maximum atomic E-state index is 12.1. The molecule has 0 aromatic carbocycles. The Morgan fingerprint density at radius 1 is 1.70 bits per heavy atom. The van der Waals surface area contributed by atoms with E-state index in [4.69, 9.17) is 17.3 Å². The Hall–Kier alpha value is -0.760. The number of rotatable bonds is 3. The molecular weight excluding hydrogens is 153 g/mol. The van der Waals surface area contributed by atoms with Gasteiger partial charge in [-0.1, -0.05) is 13.2 Å². The predicted octanol–water partition coefficient (Wildman–Crippen LogP) is 2.11. The molecule has 0 heterocycles. The molecule has 0 aliphatic rings. The fourth-order valence-corrected chi connectivity index (χ4v) is 0.473. The van der Waals surface area contributed by atoms with Gasteiger partial charge in [0.1, 0.15) is 11.2 Å². The minimum atomic E-state index is -0.849. The second-order valence-corrected chi connectivity index (χ2v) is 2.19. The van der Waals surface area contributed by atoms with Gasteiger partial charge < -0.3 is 5.73 Å². The first kappa shape index (κ1) is 9.24. The van der Waals surface area contributed by atoms with Crippen molar-refractivity contribution >= 4 is 11.6 Å². The first-order chi connectivity index (χ1) is 4.57. The first-order valence-electron chi connectivity index (χ1n) is 2.66. The van der Waals surface area contributed by atoms with Crippen LogP contribution < -0.4 is 5.73 Å². The zero-order chi connectivity index (χ0) is 8.15. The van der Waals surface area contributed by atoms with Crippen LogP contribution in [0.3, 0.4) is 0 Å². The second kappa shape index (κ2) is 4.12. The maximum absolute atomic E-state index is 12.1. The molecule has 0 fully saturated rings. The van der Waals surface area contributed by atoms with E-state index < -0.39 is 11.2 Å². The van der Waals surface area contributed by atoms with Crippen molar-refractivity contribution in [3.63, 3.8) is 0 Å². The lowest BCUT2D eigenvalue weighted by atomic mass is 10.3. The molecule has 0 radical (unpaired) electrons. The Balaban J connectivity index is 4.11. The summed E-state index contributed by atoms with van der Waals surface area (Å²) in [7, 11) is 0. The lowest BCUT2D eigenvalue weighted by molar-refractivity contribution is 0.624. The number of nitrogens with two attached hydrogens (primary N) is 1. The van der Waals surface area contributed by atoms with Crippen molar-refractivity contribution in [3.8, 4) is 0 Å². The van der Waals surface area contributed by atoms with Gasteiger partial charge >= 0.3 is 0 Å². The van der Waals surface area contributed by atoms with E-state index in [0.29, 0.717) is 5.70 Å². The molecule has 0 aromatic heterocycles. The highest BCUT2D eigenvalue weighted by atomic mass is 35.5. The molecule has 0 saturated heterocycles. The quantitative estimate of drug-likeness (QED) is 0.498. The third kappa shape index (κ3) is 3.30. The summed E-state index contributed by atoms with van der Waals surface area (Å²) < 4.78 is 12.1. The average molecular weight is 162 g/mol. The predicted molar refractivity (Wildman–Crippen MR) is 42.4 cm³/mol. The summed E-state index contributed by atoms with van der Waals surface area (Å²) in [6.07, 6.45) is 2.72. The van der Waals surface area contributed by atoms with Crippen LogP contribution in [-0.2, 0) is 0 Å². The molecule has 2 N–H and O–H groups in total. The van der Waals surface area contributed by atoms with Crippen LogP contribution in [0.2, 0.25) is 0 Å². The largest absolute Gasteiger partial charge is 0.399 e. The van der Waals surface area contributed by atoms with Crippen molar-refractivity contribution in [2.45, 2.75) is 5.38 Å². The summed E-state index contributed by atoms with van der Waals surface area (Å²) in [4.78, 5) is 0. The van der Waals surface area contributed by atoms with Crippen molar-refractivity contribution in [1.29, 1.82) is 0 Å². The smallest absolute Gasteiger partial charge is 0.115 e. The lowest BCUT2D eigenvalue weighted by Crippen LogP contribution is -1.99. The van der Waals surface area contributed by atoms with Crippen LogP contribution in [0.25, 0.3) is 0 Å². The van der Waals surface area contributed by atoms with E-state index >= 15 is 0 Å². The van der Waals surface area contributed by atoms with E-state index in [1.807, 2.05) is 0 Å². The second-order valence-electron chi connectivity index (χ2n) is 1.72. The van der Waals surface area contributed by atoms with Gasteiger partial charge in [-0.05, 0) is 12.2 Å². The van der Waals surface area contributed by atoms with Gasteiger partial charge in [-0.15, -0.1) is 11.6 Å². The van der Waals surface area contributed by atoms with Gasteiger partial charge in [-0.2, -0.15) is 0 Å². The van der Waals surface area contributed by atoms with E-state index in [-0.39, 0.29) is 0 Å². The van der Waals surface area contributed by atoms with Crippen molar-refractivity contribution in [3.05, 3.63) is 36.8 Å². The number of hydrogen-bond donors (Lipinski definition) is 1. The highest BCUT2D eigenvalue weighted by molar-refractivity contribution is 6.23. The van der Waals surface area contributed by atoms with Crippen molar-refractivity contribution in [2.75, 3.05) is 0 Å². The molecule has 0 spiro atoms. The Morgan fingerprint density at radius 2 is 2.20 bits per heavy atom. The molecule has 0 saturated carbocycles. The fraction of sp³-hybridized carbons (Fsp3) is 0.143. The molecule has 0 amide bonds. The SMILES string of the molecule is C=C/C(N)=C\C(Cl)C(=C)F. The summed E-state index contributed by atoms with van der Waals surface area (Å²) in [5.41, 5.74) is 5.61. The van der Waals surface area contributed by atoms with Crippen LogP contribution >= 0.6 is 11.6 Å². The molecule has 0 aliphatic carbocycles. The van der Waals surface area contributed by atoms with Crippen molar-refractivity contribution < 1.29 is 4.39 Å². The summed E-state index contributed by atoms with van der Waals surface area (Å²) in [5, 5.41) is -0.849. The number of alkyl halides is 1. The third-order valence-corrected chi connectivity index (χ3v) is 1.24. The normalized spacial score (nSPS) is 14.4. The fourth-order valence-electron chi connectivity index (χ4n) is 0.327. The minimum Gasteiger partial charge on any atom is -0.399 e. The minimum absolute atomic E-state index is 0.346. The molecule has 10 heavy (non-hydrogen) atoms. The Morgan fingerprint density at radius 3 is 2.50 bits per heavy atom. The van der Waals surface area contributed by atoms with Crippen molar-refractivity contribution in [1.82, 2.24) is 0 Å². The summed E-state index contributed by atoms with van der Waals surface area (Å²) in [5.74, 6) is -0.619.